The van der Waals surface area contributed by atoms with E-state index in [0.29, 0.717) is 29.3 Å². The quantitative estimate of drug-likeness (QED) is 0.425. The van der Waals surface area contributed by atoms with Gasteiger partial charge in [0.2, 0.25) is 11.8 Å². The van der Waals surface area contributed by atoms with E-state index in [0.717, 1.165) is 29.3 Å². The fourth-order valence-corrected chi connectivity index (χ4v) is 3.71. The molecular formula is C23H28N6O3. The topological polar surface area (TPSA) is 108 Å². The molecule has 0 aliphatic rings. The van der Waals surface area contributed by atoms with Crippen molar-refractivity contribution in [2.75, 3.05) is 6.54 Å². The molecule has 4 rings (SSSR count). The number of aryl methyl sites for hydroxylation is 1. The molecule has 0 bridgehead atoms. The third-order valence-electron chi connectivity index (χ3n) is 5.44. The molecule has 1 amide bonds. The highest BCUT2D eigenvalue weighted by Crippen LogP contribution is 2.26. The van der Waals surface area contributed by atoms with Crippen LogP contribution in [0.4, 0.5) is 0 Å². The van der Waals surface area contributed by atoms with Crippen molar-refractivity contribution in [1.82, 2.24) is 29.6 Å². The summed E-state index contributed by atoms with van der Waals surface area (Å²) in [4.78, 5) is 35.0. The van der Waals surface area contributed by atoms with Crippen LogP contribution in [0.25, 0.3) is 21.9 Å². The lowest BCUT2D eigenvalue weighted by Gasteiger charge is -2.09. The van der Waals surface area contributed by atoms with Gasteiger partial charge in [-0.05, 0) is 25.5 Å². The van der Waals surface area contributed by atoms with Gasteiger partial charge in [-0.2, -0.15) is 4.98 Å². The van der Waals surface area contributed by atoms with Crippen LogP contribution in [0.2, 0.25) is 0 Å². The Morgan fingerprint density at radius 2 is 2.09 bits per heavy atom. The molecule has 0 aliphatic carbocycles. The average molecular weight is 437 g/mol. The number of aromatic nitrogens is 5. The molecule has 1 N–H and O–H groups in total. The molecule has 0 saturated carbocycles. The minimum Gasteiger partial charge on any atom is -0.355 e. The second kappa shape index (κ2) is 8.94. The Balaban J connectivity index is 1.79. The zero-order valence-corrected chi connectivity index (χ0v) is 18.9. The van der Waals surface area contributed by atoms with Crippen LogP contribution in [0.15, 0.2) is 33.8 Å². The van der Waals surface area contributed by atoms with Crippen molar-refractivity contribution in [2.24, 2.45) is 0 Å². The van der Waals surface area contributed by atoms with Gasteiger partial charge in [0, 0.05) is 17.8 Å². The molecule has 3 heterocycles. The summed E-state index contributed by atoms with van der Waals surface area (Å²) in [6.07, 6.45) is 3.41. The number of nitrogens with one attached hydrogen (secondary N) is 1. The van der Waals surface area contributed by atoms with Crippen molar-refractivity contribution in [1.29, 1.82) is 0 Å². The second-order valence-corrected chi connectivity index (χ2v) is 8.39. The number of fused-ring (bicyclic) bond motifs is 3. The maximum Gasteiger partial charge on any atom is 0.278 e. The van der Waals surface area contributed by atoms with Crippen LogP contribution in [-0.4, -0.2) is 36.7 Å². The summed E-state index contributed by atoms with van der Waals surface area (Å²) in [5, 5.41) is 7.74. The van der Waals surface area contributed by atoms with Gasteiger partial charge < -0.3 is 14.4 Å². The molecule has 9 nitrogen and oxygen atoms in total. The number of hydrogen-bond acceptors (Lipinski definition) is 6. The van der Waals surface area contributed by atoms with E-state index >= 15 is 0 Å². The number of rotatable bonds is 8. The first kappa shape index (κ1) is 21.7. The Kier molecular flexibility index (Phi) is 6.07. The molecule has 0 unspecified atom stereocenters. The van der Waals surface area contributed by atoms with Crippen molar-refractivity contribution in [3.8, 4) is 0 Å². The summed E-state index contributed by atoms with van der Waals surface area (Å²) in [6, 6.07) is 5.90. The minimum atomic E-state index is -0.255. The molecular weight excluding hydrogens is 408 g/mol. The minimum absolute atomic E-state index is 0.0474. The number of carbonyl (C=O) groups excluding carboxylic acids is 1. The number of benzene rings is 1. The van der Waals surface area contributed by atoms with Crippen LogP contribution in [0.3, 0.4) is 0 Å². The highest BCUT2D eigenvalue weighted by Gasteiger charge is 2.19. The number of amides is 1. The molecule has 0 spiro atoms. The van der Waals surface area contributed by atoms with E-state index in [2.05, 4.69) is 27.4 Å². The summed E-state index contributed by atoms with van der Waals surface area (Å²) in [6.45, 7) is 8.78. The van der Waals surface area contributed by atoms with Crippen molar-refractivity contribution in [3.05, 3.63) is 52.2 Å². The van der Waals surface area contributed by atoms with E-state index in [1.807, 2.05) is 39.0 Å². The predicted molar refractivity (Wildman–Crippen MR) is 122 cm³/mol. The van der Waals surface area contributed by atoms with Gasteiger partial charge in [-0.25, -0.2) is 4.98 Å². The summed E-state index contributed by atoms with van der Waals surface area (Å²) in [5.74, 6) is 0.927. The number of hydrogen-bond donors (Lipinski definition) is 1. The second-order valence-electron chi connectivity index (χ2n) is 8.39. The zero-order valence-electron chi connectivity index (χ0n) is 18.9. The SMILES string of the molecule is CCCCNC(=O)Cn1c2ccc(C)cc2c2ncn(Cc3nc(C(C)C)no3)c(=O)c21. The summed E-state index contributed by atoms with van der Waals surface area (Å²) < 4.78 is 8.50. The fraction of sp³-hybridized carbons (Fsp3) is 0.435. The van der Waals surface area contributed by atoms with Gasteiger partial charge in [-0.15, -0.1) is 0 Å². The van der Waals surface area contributed by atoms with E-state index in [1.54, 1.807) is 4.57 Å². The maximum absolute atomic E-state index is 13.5. The van der Waals surface area contributed by atoms with Gasteiger partial charge in [-0.3, -0.25) is 14.2 Å². The van der Waals surface area contributed by atoms with E-state index in [4.69, 9.17) is 4.52 Å². The van der Waals surface area contributed by atoms with Crippen molar-refractivity contribution >= 4 is 27.8 Å². The van der Waals surface area contributed by atoms with Gasteiger partial charge in [0.25, 0.3) is 5.56 Å². The Hall–Kier alpha value is -3.49. The third-order valence-corrected chi connectivity index (χ3v) is 5.44. The average Bonchev–Trinajstić information content (AvgIpc) is 3.34. The highest BCUT2D eigenvalue weighted by atomic mass is 16.5. The van der Waals surface area contributed by atoms with Gasteiger partial charge in [0.15, 0.2) is 5.82 Å². The summed E-state index contributed by atoms with van der Waals surface area (Å²) in [7, 11) is 0. The first-order chi connectivity index (χ1) is 15.4. The molecule has 3 aromatic heterocycles. The lowest BCUT2D eigenvalue weighted by atomic mass is 10.1. The molecule has 32 heavy (non-hydrogen) atoms. The summed E-state index contributed by atoms with van der Waals surface area (Å²) >= 11 is 0. The number of carbonyl (C=O) groups is 1. The van der Waals surface area contributed by atoms with Gasteiger partial charge in [-0.1, -0.05) is 44.0 Å². The van der Waals surface area contributed by atoms with Crippen molar-refractivity contribution in [2.45, 2.75) is 59.5 Å². The van der Waals surface area contributed by atoms with Crippen molar-refractivity contribution < 1.29 is 9.32 Å². The monoisotopic (exact) mass is 436 g/mol. The zero-order chi connectivity index (χ0) is 22.8. The van der Waals surface area contributed by atoms with Crippen LogP contribution < -0.4 is 10.9 Å². The molecule has 1 aromatic carbocycles. The molecule has 0 atom stereocenters. The van der Waals surface area contributed by atoms with E-state index in [9.17, 15) is 9.59 Å². The van der Waals surface area contributed by atoms with E-state index in [-0.39, 0.29) is 30.5 Å². The van der Waals surface area contributed by atoms with Crippen LogP contribution >= 0.6 is 0 Å². The van der Waals surface area contributed by atoms with Gasteiger partial charge >= 0.3 is 0 Å². The Labute approximate surface area is 185 Å². The summed E-state index contributed by atoms with van der Waals surface area (Å²) in [5.41, 5.74) is 2.58. The Bertz CT molecular complexity index is 1330. The standard InChI is InChI=1S/C23H28N6O3/c1-5-6-9-24-18(30)11-29-17-8-7-15(4)10-16(17)20-21(29)23(31)28(13-25-20)12-19-26-22(14(2)3)27-32-19/h7-8,10,13-14H,5-6,9,11-12H2,1-4H3,(H,24,30). The number of unbranched alkanes of at least 4 members (excludes halogenated alkanes) is 1. The normalized spacial score (nSPS) is 11.7. The van der Waals surface area contributed by atoms with Crippen LogP contribution in [0.5, 0.6) is 0 Å². The van der Waals surface area contributed by atoms with Crippen LogP contribution in [0.1, 0.15) is 56.8 Å². The molecule has 0 aliphatic heterocycles. The maximum atomic E-state index is 13.5. The molecule has 168 valence electrons. The first-order valence-corrected chi connectivity index (χ1v) is 11.0. The third kappa shape index (κ3) is 4.15. The smallest absolute Gasteiger partial charge is 0.278 e. The van der Waals surface area contributed by atoms with Gasteiger partial charge in [0.05, 0.1) is 11.8 Å². The fourth-order valence-electron chi connectivity index (χ4n) is 3.71. The molecule has 9 heteroatoms. The van der Waals surface area contributed by atoms with Crippen molar-refractivity contribution in [3.63, 3.8) is 0 Å². The van der Waals surface area contributed by atoms with E-state index in [1.165, 1.54) is 10.9 Å². The lowest BCUT2D eigenvalue weighted by Crippen LogP contribution is -2.30. The number of nitrogens with zero attached hydrogens (tertiary/aromatic N) is 5. The predicted octanol–water partition coefficient (Wildman–Crippen LogP) is 3.13. The molecule has 0 saturated heterocycles. The lowest BCUT2D eigenvalue weighted by molar-refractivity contribution is -0.121. The Morgan fingerprint density at radius 3 is 2.81 bits per heavy atom. The van der Waals surface area contributed by atoms with Crippen LogP contribution in [0, 0.1) is 6.92 Å². The van der Waals surface area contributed by atoms with Gasteiger partial charge in [0.1, 0.15) is 24.1 Å². The van der Waals surface area contributed by atoms with E-state index < -0.39 is 0 Å². The largest absolute Gasteiger partial charge is 0.355 e. The first-order valence-electron chi connectivity index (χ1n) is 11.0. The molecule has 0 fully saturated rings. The molecule has 0 radical (unpaired) electrons. The Morgan fingerprint density at radius 1 is 1.28 bits per heavy atom. The van der Waals surface area contributed by atoms with Crippen LogP contribution in [-0.2, 0) is 17.9 Å². The molecule has 4 aromatic rings. The highest BCUT2D eigenvalue weighted by molar-refractivity contribution is 6.06.